The van der Waals surface area contributed by atoms with Crippen molar-refractivity contribution >= 4 is 19.7 Å². The Kier molecular flexibility index (Phi) is 2.58. The predicted octanol–water partition coefficient (Wildman–Crippen LogP) is 2.57. The van der Waals surface area contributed by atoms with Gasteiger partial charge in [0.15, 0.2) is 0 Å². The van der Waals surface area contributed by atoms with Crippen molar-refractivity contribution < 1.29 is 12.9 Å². The Hall–Kier alpha value is -0.550. The van der Waals surface area contributed by atoms with Crippen molar-refractivity contribution in [3.05, 3.63) is 17.0 Å². The van der Waals surface area contributed by atoms with E-state index in [1.165, 1.54) is 0 Å². The molecule has 0 N–H and O–H groups in total. The first-order valence-corrected chi connectivity index (χ1v) is 7.56. The van der Waals surface area contributed by atoms with Crippen LogP contribution in [0.3, 0.4) is 0 Å². The molecular formula is C10H14ClNO3S. The third kappa shape index (κ3) is 2.25. The lowest BCUT2D eigenvalue weighted by Crippen LogP contribution is -1.97. The summed E-state index contributed by atoms with van der Waals surface area (Å²) in [7, 11) is 1.62. The van der Waals surface area contributed by atoms with Crippen LogP contribution in [-0.4, -0.2) is 13.6 Å². The van der Waals surface area contributed by atoms with Crippen LogP contribution in [0.15, 0.2) is 4.52 Å². The number of aromatic nitrogens is 1. The van der Waals surface area contributed by atoms with Crippen molar-refractivity contribution in [2.75, 3.05) is 0 Å². The van der Waals surface area contributed by atoms with Crippen LogP contribution >= 0.6 is 10.7 Å². The minimum atomic E-state index is -3.57. The van der Waals surface area contributed by atoms with Gasteiger partial charge in [0.1, 0.15) is 17.2 Å². The minimum absolute atomic E-state index is 0.238. The average Bonchev–Trinajstić information content (AvgIpc) is 2.57. The second-order valence-electron chi connectivity index (χ2n) is 5.05. The quantitative estimate of drug-likeness (QED) is 0.787. The fourth-order valence-electron chi connectivity index (χ4n) is 1.92. The van der Waals surface area contributed by atoms with Crippen molar-refractivity contribution in [1.82, 2.24) is 5.16 Å². The van der Waals surface area contributed by atoms with Gasteiger partial charge in [0.2, 0.25) is 9.05 Å². The molecule has 1 aliphatic rings. The summed E-state index contributed by atoms with van der Waals surface area (Å²) in [5, 5.41) is 3.79. The molecular weight excluding hydrogens is 250 g/mol. The van der Waals surface area contributed by atoms with Gasteiger partial charge in [0.25, 0.3) is 0 Å². The van der Waals surface area contributed by atoms with Gasteiger partial charge >= 0.3 is 0 Å². The van der Waals surface area contributed by atoms with Crippen LogP contribution in [0.4, 0.5) is 0 Å². The molecule has 0 amide bonds. The van der Waals surface area contributed by atoms with Gasteiger partial charge in [-0.25, -0.2) is 8.42 Å². The van der Waals surface area contributed by atoms with Gasteiger partial charge in [-0.2, -0.15) is 0 Å². The van der Waals surface area contributed by atoms with Crippen molar-refractivity contribution in [3.63, 3.8) is 0 Å². The fraction of sp³-hybridized carbons (Fsp3) is 0.700. The average molecular weight is 264 g/mol. The normalized spacial score (nSPS) is 23.4. The Balaban J connectivity index is 2.26. The van der Waals surface area contributed by atoms with Crippen LogP contribution in [0.25, 0.3) is 0 Å². The Bertz CT molecular complexity index is 518. The van der Waals surface area contributed by atoms with Crippen molar-refractivity contribution in [2.24, 2.45) is 5.41 Å². The summed E-state index contributed by atoms with van der Waals surface area (Å²) >= 11 is 0. The zero-order chi connectivity index (χ0) is 12.1. The van der Waals surface area contributed by atoms with Gasteiger partial charge < -0.3 is 4.52 Å². The first kappa shape index (κ1) is 11.9. The van der Waals surface area contributed by atoms with Crippen molar-refractivity contribution in [2.45, 2.75) is 38.9 Å². The second-order valence-corrected chi connectivity index (χ2v) is 7.82. The third-order valence-electron chi connectivity index (χ3n) is 3.20. The summed E-state index contributed by atoms with van der Waals surface area (Å²) in [5.74, 6) is 0.893. The van der Waals surface area contributed by atoms with Gasteiger partial charge in [-0.1, -0.05) is 19.0 Å². The van der Waals surface area contributed by atoms with E-state index in [9.17, 15) is 8.42 Å². The number of halogens is 1. The van der Waals surface area contributed by atoms with E-state index in [0.29, 0.717) is 11.6 Å². The Morgan fingerprint density at radius 3 is 2.56 bits per heavy atom. The summed E-state index contributed by atoms with van der Waals surface area (Å²) in [6, 6.07) is 0. The van der Waals surface area contributed by atoms with E-state index in [4.69, 9.17) is 15.2 Å². The maximum absolute atomic E-state index is 11.0. The van der Waals surface area contributed by atoms with E-state index in [1.807, 2.05) is 6.92 Å². The van der Waals surface area contributed by atoms with Crippen LogP contribution in [0.1, 0.15) is 43.2 Å². The van der Waals surface area contributed by atoms with Crippen LogP contribution in [0.2, 0.25) is 0 Å². The van der Waals surface area contributed by atoms with E-state index in [1.54, 1.807) is 0 Å². The van der Waals surface area contributed by atoms with Crippen LogP contribution in [-0.2, 0) is 14.8 Å². The summed E-state index contributed by atoms with van der Waals surface area (Å²) in [6.07, 6.45) is 1.05. The molecule has 1 aliphatic carbocycles. The zero-order valence-electron chi connectivity index (χ0n) is 9.45. The molecule has 90 valence electrons. The highest BCUT2D eigenvalue weighted by Gasteiger charge is 2.50. The molecule has 0 bridgehead atoms. The number of rotatable bonds is 3. The second kappa shape index (κ2) is 3.47. The van der Waals surface area contributed by atoms with E-state index in [2.05, 4.69) is 19.0 Å². The molecule has 0 saturated heterocycles. The molecule has 1 saturated carbocycles. The van der Waals surface area contributed by atoms with E-state index >= 15 is 0 Å². The van der Waals surface area contributed by atoms with Gasteiger partial charge in [0.05, 0.1) is 0 Å². The lowest BCUT2D eigenvalue weighted by atomic mass is 10.1. The highest BCUT2D eigenvalue weighted by molar-refractivity contribution is 8.13. The summed E-state index contributed by atoms with van der Waals surface area (Å²) in [5.41, 5.74) is 1.48. The van der Waals surface area contributed by atoms with Gasteiger partial charge in [0, 0.05) is 22.2 Å². The third-order valence-corrected chi connectivity index (χ3v) is 4.14. The molecule has 1 atom stereocenters. The number of nitrogens with zero attached hydrogens (tertiary/aromatic N) is 1. The SMILES string of the molecule is Cc1c(CS(=O)(=O)Cl)noc1C1CC1(C)C. The van der Waals surface area contributed by atoms with Gasteiger partial charge in [-0.05, 0) is 18.8 Å². The molecule has 16 heavy (non-hydrogen) atoms. The lowest BCUT2D eigenvalue weighted by molar-refractivity contribution is 0.368. The maximum Gasteiger partial charge on any atom is 0.238 e. The van der Waals surface area contributed by atoms with E-state index < -0.39 is 9.05 Å². The van der Waals surface area contributed by atoms with Crippen molar-refractivity contribution in [3.8, 4) is 0 Å². The molecule has 1 fully saturated rings. The highest BCUT2D eigenvalue weighted by atomic mass is 35.7. The molecule has 2 rings (SSSR count). The number of hydrogen-bond donors (Lipinski definition) is 0. The Morgan fingerprint density at radius 1 is 1.56 bits per heavy atom. The monoisotopic (exact) mass is 263 g/mol. The molecule has 4 nitrogen and oxygen atoms in total. The van der Waals surface area contributed by atoms with E-state index in [-0.39, 0.29) is 11.2 Å². The van der Waals surface area contributed by atoms with Gasteiger partial charge in [-0.15, -0.1) is 0 Å². The van der Waals surface area contributed by atoms with Gasteiger partial charge in [-0.3, -0.25) is 0 Å². The summed E-state index contributed by atoms with van der Waals surface area (Å²) in [6.45, 7) is 6.13. The molecule has 0 spiro atoms. The fourth-order valence-corrected chi connectivity index (χ4v) is 2.83. The Labute approximate surface area is 99.4 Å². The standard InChI is InChI=1S/C10H14ClNO3S/c1-6-8(5-16(11,13)14)12-15-9(6)7-4-10(7,2)3/h7H,4-5H2,1-3H3. The molecule has 1 aromatic rings. The zero-order valence-corrected chi connectivity index (χ0v) is 11.0. The molecule has 0 radical (unpaired) electrons. The highest BCUT2D eigenvalue weighted by Crippen LogP contribution is 2.59. The maximum atomic E-state index is 11.0. The van der Waals surface area contributed by atoms with Crippen LogP contribution < -0.4 is 0 Å². The summed E-state index contributed by atoms with van der Waals surface area (Å²) in [4.78, 5) is 0. The molecule has 0 aromatic carbocycles. The number of hydrogen-bond acceptors (Lipinski definition) is 4. The first-order chi connectivity index (χ1) is 7.21. The summed E-state index contributed by atoms with van der Waals surface area (Å²) < 4.78 is 27.1. The predicted molar refractivity (Wildman–Crippen MR) is 60.9 cm³/mol. The lowest BCUT2D eigenvalue weighted by Gasteiger charge is -1.99. The molecule has 1 heterocycles. The van der Waals surface area contributed by atoms with Crippen LogP contribution in [0.5, 0.6) is 0 Å². The molecule has 6 heteroatoms. The molecule has 0 aliphatic heterocycles. The van der Waals surface area contributed by atoms with E-state index in [0.717, 1.165) is 17.7 Å². The topological polar surface area (TPSA) is 60.2 Å². The van der Waals surface area contributed by atoms with Crippen LogP contribution in [0, 0.1) is 12.3 Å². The largest absolute Gasteiger partial charge is 0.361 e. The molecule has 1 aromatic heterocycles. The van der Waals surface area contributed by atoms with Crippen molar-refractivity contribution in [1.29, 1.82) is 0 Å². The minimum Gasteiger partial charge on any atom is -0.361 e. The smallest absolute Gasteiger partial charge is 0.238 e. The molecule has 1 unspecified atom stereocenters. The first-order valence-electron chi connectivity index (χ1n) is 5.08. The Morgan fingerprint density at radius 2 is 2.12 bits per heavy atom.